The molecule has 106 valence electrons. The highest BCUT2D eigenvalue weighted by Crippen LogP contribution is 2.24. The van der Waals surface area contributed by atoms with Gasteiger partial charge in [0.05, 0.1) is 17.9 Å². The SMILES string of the molecule is CCc1occc1C(=O)N1CCCCC1CC(C)O. The van der Waals surface area contributed by atoms with Crippen LogP contribution < -0.4 is 0 Å². The first-order valence-electron chi connectivity index (χ1n) is 7.18. The third-order valence-corrected chi connectivity index (χ3v) is 3.80. The number of aryl methyl sites for hydroxylation is 1. The molecule has 1 aromatic rings. The Balaban J connectivity index is 2.15. The molecular formula is C15H23NO3. The molecule has 1 N–H and O–H groups in total. The van der Waals surface area contributed by atoms with Crippen LogP contribution in [0.1, 0.15) is 55.6 Å². The fraction of sp³-hybridized carbons (Fsp3) is 0.667. The molecule has 0 aliphatic carbocycles. The molecule has 0 spiro atoms. The van der Waals surface area contributed by atoms with E-state index in [0.29, 0.717) is 12.0 Å². The van der Waals surface area contributed by atoms with Crippen LogP contribution in [0.15, 0.2) is 16.7 Å². The number of piperidine rings is 1. The molecule has 0 saturated carbocycles. The van der Waals surface area contributed by atoms with E-state index < -0.39 is 0 Å². The number of hydrogen-bond donors (Lipinski definition) is 1. The zero-order valence-electron chi connectivity index (χ0n) is 11.8. The van der Waals surface area contributed by atoms with Crippen LogP contribution in [0.25, 0.3) is 0 Å². The molecule has 0 aromatic carbocycles. The van der Waals surface area contributed by atoms with Crippen LogP contribution in [0, 0.1) is 0 Å². The molecule has 2 rings (SSSR count). The lowest BCUT2D eigenvalue weighted by atomic mass is 9.96. The molecule has 4 nitrogen and oxygen atoms in total. The lowest BCUT2D eigenvalue weighted by Crippen LogP contribution is -2.45. The van der Waals surface area contributed by atoms with Gasteiger partial charge in [-0.1, -0.05) is 6.92 Å². The molecule has 4 heteroatoms. The minimum Gasteiger partial charge on any atom is -0.469 e. The lowest BCUT2D eigenvalue weighted by Gasteiger charge is -2.36. The second kappa shape index (κ2) is 6.24. The number of carbonyl (C=O) groups excluding carboxylic acids is 1. The Morgan fingerprint density at radius 3 is 3.05 bits per heavy atom. The zero-order valence-corrected chi connectivity index (χ0v) is 11.8. The number of aliphatic hydroxyl groups excluding tert-OH is 1. The Morgan fingerprint density at radius 1 is 1.58 bits per heavy atom. The summed E-state index contributed by atoms with van der Waals surface area (Å²) in [5.74, 6) is 0.808. The maximum Gasteiger partial charge on any atom is 0.257 e. The number of rotatable bonds is 4. The van der Waals surface area contributed by atoms with Crippen LogP contribution in [-0.4, -0.2) is 34.6 Å². The first-order valence-corrected chi connectivity index (χ1v) is 7.18. The number of nitrogens with zero attached hydrogens (tertiary/aromatic N) is 1. The van der Waals surface area contributed by atoms with Crippen molar-refractivity contribution in [3.8, 4) is 0 Å². The van der Waals surface area contributed by atoms with Gasteiger partial charge in [0.15, 0.2) is 0 Å². The van der Waals surface area contributed by atoms with Crippen molar-refractivity contribution in [1.29, 1.82) is 0 Å². The van der Waals surface area contributed by atoms with Gasteiger partial charge in [-0.15, -0.1) is 0 Å². The van der Waals surface area contributed by atoms with Crippen molar-refractivity contribution in [1.82, 2.24) is 4.90 Å². The van der Waals surface area contributed by atoms with Crippen molar-refractivity contribution in [2.75, 3.05) is 6.54 Å². The topological polar surface area (TPSA) is 53.7 Å². The van der Waals surface area contributed by atoms with Crippen molar-refractivity contribution in [3.05, 3.63) is 23.7 Å². The second-order valence-corrected chi connectivity index (χ2v) is 5.34. The Labute approximate surface area is 114 Å². The van der Waals surface area contributed by atoms with E-state index in [1.54, 1.807) is 19.3 Å². The standard InChI is InChI=1S/C15H23NO3/c1-3-14-13(7-9-19-14)15(18)16-8-5-4-6-12(16)10-11(2)17/h7,9,11-12,17H,3-6,8,10H2,1-2H3. The molecule has 1 saturated heterocycles. The van der Waals surface area contributed by atoms with Crippen molar-refractivity contribution in [3.63, 3.8) is 0 Å². The molecule has 0 radical (unpaired) electrons. The van der Waals surface area contributed by atoms with Crippen LogP contribution in [0.3, 0.4) is 0 Å². The number of amides is 1. The van der Waals surface area contributed by atoms with E-state index in [-0.39, 0.29) is 18.1 Å². The van der Waals surface area contributed by atoms with Crippen LogP contribution >= 0.6 is 0 Å². The quantitative estimate of drug-likeness (QED) is 0.910. The van der Waals surface area contributed by atoms with Gasteiger partial charge in [-0.25, -0.2) is 0 Å². The highest BCUT2D eigenvalue weighted by molar-refractivity contribution is 5.95. The van der Waals surface area contributed by atoms with E-state index in [4.69, 9.17) is 4.42 Å². The summed E-state index contributed by atoms with van der Waals surface area (Å²) in [6, 6.07) is 1.91. The summed E-state index contributed by atoms with van der Waals surface area (Å²) in [7, 11) is 0. The minimum absolute atomic E-state index is 0.0518. The van der Waals surface area contributed by atoms with E-state index in [1.165, 1.54) is 0 Å². The fourth-order valence-electron chi connectivity index (χ4n) is 2.87. The van der Waals surface area contributed by atoms with Gasteiger partial charge in [0.25, 0.3) is 5.91 Å². The van der Waals surface area contributed by atoms with E-state index in [0.717, 1.165) is 38.0 Å². The molecule has 1 aliphatic heterocycles. The van der Waals surface area contributed by atoms with Gasteiger partial charge < -0.3 is 14.4 Å². The zero-order chi connectivity index (χ0) is 13.8. The van der Waals surface area contributed by atoms with E-state index in [9.17, 15) is 9.90 Å². The normalized spacial score (nSPS) is 21.4. The molecule has 2 atom stereocenters. The van der Waals surface area contributed by atoms with Crippen LogP contribution in [0.4, 0.5) is 0 Å². The predicted molar refractivity (Wildman–Crippen MR) is 73.1 cm³/mol. The van der Waals surface area contributed by atoms with Gasteiger partial charge in [-0.3, -0.25) is 4.79 Å². The van der Waals surface area contributed by atoms with Crippen molar-refractivity contribution >= 4 is 5.91 Å². The van der Waals surface area contributed by atoms with E-state index >= 15 is 0 Å². The number of likely N-dealkylation sites (tertiary alicyclic amines) is 1. The van der Waals surface area contributed by atoms with Gasteiger partial charge in [-0.2, -0.15) is 0 Å². The van der Waals surface area contributed by atoms with Gasteiger partial charge in [0, 0.05) is 19.0 Å². The summed E-state index contributed by atoms with van der Waals surface area (Å²) in [6.45, 7) is 4.55. The van der Waals surface area contributed by atoms with Crippen molar-refractivity contribution in [2.45, 2.75) is 58.1 Å². The van der Waals surface area contributed by atoms with Crippen LogP contribution in [0.2, 0.25) is 0 Å². The maximum absolute atomic E-state index is 12.6. The Morgan fingerprint density at radius 2 is 2.37 bits per heavy atom. The van der Waals surface area contributed by atoms with E-state index in [2.05, 4.69) is 0 Å². The summed E-state index contributed by atoms with van der Waals surface area (Å²) in [5, 5.41) is 9.58. The smallest absolute Gasteiger partial charge is 0.257 e. The lowest BCUT2D eigenvalue weighted by molar-refractivity contribution is 0.0513. The van der Waals surface area contributed by atoms with Crippen molar-refractivity contribution < 1.29 is 14.3 Å². The third-order valence-electron chi connectivity index (χ3n) is 3.80. The third kappa shape index (κ3) is 3.18. The van der Waals surface area contributed by atoms with Gasteiger partial charge in [0.1, 0.15) is 5.76 Å². The summed E-state index contributed by atoms with van der Waals surface area (Å²) in [5.41, 5.74) is 0.681. The first-order chi connectivity index (χ1) is 9.13. The molecule has 2 heterocycles. The van der Waals surface area contributed by atoms with Crippen molar-refractivity contribution in [2.24, 2.45) is 0 Å². The monoisotopic (exact) mass is 265 g/mol. The highest BCUT2D eigenvalue weighted by atomic mass is 16.3. The Bertz CT molecular complexity index is 425. The summed E-state index contributed by atoms with van der Waals surface area (Å²) in [6.07, 6.45) is 5.76. The highest BCUT2D eigenvalue weighted by Gasteiger charge is 2.29. The average molecular weight is 265 g/mol. The first kappa shape index (κ1) is 14.1. The van der Waals surface area contributed by atoms with E-state index in [1.807, 2.05) is 11.8 Å². The largest absolute Gasteiger partial charge is 0.469 e. The number of furan rings is 1. The number of hydrogen-bond acceptors (Lipinski definition) is 3. The molecular weight excluding hydrogens is 242 g/mol. The van der Waals surface area contributed by atoms with Crippen LogP contribution in [-0.2, 0) is 6.42 Å². The summed E-state index contributed by atoms with van der Waals surface area (Å²) >= 11 is 0. The Hall–Kier alpha value is -1.29. The minimum atomic E-state index is -0.367. The maximum atomic E-state index is 12.6. The number of carbonyl (C=O) groups is 1. The Kier molecular flexibility index (Phi) is 4.64. The fourth-order valence-corrected chi connectivity index (χ4v) is 2.87. The molecule has 1 fully saturated rings. The van der Waals surface area contributed by atoms with Gasteiger partial charge in [-0.05, 0) is 38.7 Å². The molecule has 0 bridgehead atoms. The molecule has 1 amide bonds. The molecule has 2 unspecified atom stereocenters. The average Bonchev–Trinajstić information content (AvgIpc) is 2.86. The molecule has 19 heavy (non-hydrogen) atoms. The predicted octanol–water partition coefficient (Wildman–Crippen LogP) is 2.61. The second-order valence-electron chi connectivity index (χ2n) is 5.34. The molecule has 1 aromatic heterocycles. The molecule has 1 aliphatic rings. The van der Waals surface area contributed by atoms with Gasteiger partial charge in [0.2, 0.25) is 0 Å². The van der Waals surface area contributed by atoms with Crippen LogP contribution in [0.5, 0.6) is 0 Å². The number of aliphatic hydroxyl groups is 1. The summed E-state index contributed by atoms with van der Waals surface area (Å²) < 4.78 is 5.35. The van der Waals surface area contributed by atoms with Gasteiger partial charge >= 0.3 is 0 Å². The summed E-state index contributed by atoms with van der Waals surface area (Å²) in [4.78, 5) is 14.5.